The molecule has 14 heavy (non-hydrogen) atoms. The molecule has 0 saturated carbocycles. The minimum atomic E-state index is -0.782. The van der Waals surface area contributed by atoms with Crippen LogP contribution in [-0.2, 0) is 9.59 Å². The predicted octanol–water partition coefficient (Wildman–Crippen LogP) is 0.966. The zero-order valence-corrected chi connectivity index (χ0v) is 9.39. The number of carbonyl (C=O) groups excluding carboxylic acids is 1. The molecule has 1 amide bonds. The number of hydrogen-bond acceptors (Lipinski definition) is 3. The highest BCUT2D eigenvalue weighted by molar-refractivity contribution is 7.99. The Hall–Kier alpha value is -0.710. The largest absolute Gasteiger partial charge is 0.481 e. The smallest absolute Gasteiger partial charge is 0.307 e. The van der Waals surface area contributed by atoms with Crippen molar-refractivity contribution in [2.45, 2.75) is 20.3 Å². The molecule has 0 radical (unpaired) electrons. The van der Waals surface area contributed by atoms with Crippen molar-refractivity contribution in [3.8, 4) is 0 Å². The second-order valence-electron chi connectivity index (χ2n) is 3.02. The Morgan fingerprint density at radius 2 is 2.14 bits per heavy atom. The number of nitrogens with one attached hydrogen (secondary N) is 1. The Balaban J connectivity index is 3.37. The van der Waals surface area contributed by atoms with Gasteiger partial charge < -0.3 is 10.4 Å². The van der Waals surface area contributed by atoms with Gasteiger partial charge in [-0.2, -0.15) is 11.8 Å². The number of carboxylic acid groups (broad SMARTS) is 1. The van der Waals surface area contributed by atoms with Crippen molar-refractivity contribution in [1.82, 2.24) is 5.32 Å². The van der Waals surface area contributed by atoms with Crippen LogP contribution in [-0.4, -0.2) is 35.0 Å². The van der Waals surface area contributed by atoms with Crippen LogP contribution >= 0.6 is 11.8 Å². The summed E-state index contributed by atoms with van der Waals surface area (Å²) in [6.45, 7) is 4.19. The van der Waals surface area contributed by atoms with E-state index in [0.717, 1.165) is 0 Å². The quantitative estimate of drug-likeness (QED) is 0.626. The van der Waals surface area contributed by atoms with E-state index in [2.05, 4.69) is 5.32 Å². The van der Waals surface area contributed by atoms with Gasteiger partial charge in [-0.05, 0) is 6.92 Å². The zero-order valence-electron chi connectivity index (χ0n) is 8.58. The van der Waals surface area contributed by atoms with E-state index in [0.29, 0.717) is 24.5 Å². The lowest BCUT2D eigenvalue weighted by atomic mass is 10.2. The van der Waals surface area contributed by atoms with Gasteiger partial charge in [-0.15, -0.1) is 0 Å². The Labute approximate surface area is 88.4 Å². The molecule has 82 valence electrons. The fraction of sp³-hybridized carbons (Fsp3) is 0.778. The van der Waals surface area contributed by atoms with Crippen LogP contribution in [0.5, 0.6) is 0 Å². The van der Waals surface area contributed by atoms with Gasteiger partial charge in [0, 0.05) is 24.5 Å². The second kappa shape index (κ2) is 7.67. The molecule has 0 fully saturated rings. The second-order valence-corrected chi connectivity index (χ2v) is 4.17. The Morgan fingerprint density at radius 1 is 1.50 bits per heavy atom. The van der Waals surface area contributed by atoms with Crippen molar-refractivity contribution in [3.05, 3.63) is 0 Å². The van der Waals surface area contributed by atoms with Crippen molar-refractivity contribution < 1.29 is 14.7 Å². The number of hydrogen-bond donors (Lipinski definition) is 2. The standard InChI is InChI=1S/C9H17NO3S/c1-3-10-8(11)4-5-14-6-7(2)9(12)13/h7H,3-6H2,1-2H3,(H,10,11)(H,12,13). The summed E-state index contributed by atoms with van der Waals surface area (Å²) in [6.07, 6.45) is 0.463. The number of carbonyl (C=O) groups is 2. The number of rotatable bonds is 7. The molecular formula is C9H17NO3S. The van der Waals surface area contributed by atoms with Gasteiger partial charge in [0.15, 0.2) is 0 Å². The van der Waals surface area contributed by atoms with E-state index in [-0.39, 0.29) is 11.8 Å². The molecule has 0 aliphatic heterocycles. The van der Waals surface area contributed by atoms with Gasteiger partial charge in [0.05, 0.1) is 5.92 Å². The number of aliphatic carboxylic acids is 1. The minimum absolute atomic E-state index is 0.0305. The number of carboxylic acids is 1. The molecule has 1 atom stereocenters. The molecule has 0 bridgehead atoms. The molecule has 0 aliphatic carbocycles. The monoisotopic (exact) mass is 219 g/mol. The Kier molecular flexibility index (Phi) is 7.28. The van der Waals surface area contributed by atoms with Crippen LogP contribution in [0.4, 0.5) is 0 Å². The summed E-state index contributed by atoms with van der Waals surface area (Å²) < 4.78 is 0. The SMILES string of the molecule is CCNC(=O)CCSCC(C)C(=O)O. The van der Waals surface area contributed by atoms with E-state index in [1.807, 2.05) is 6.92 Å². The third-order valence-electron chi connectivity index (χ3n) is 1.64. The number of thioether (sulfide) groups is 1. The molecule has 1 unspecified atom stereocenters. The van der Waals surface area contributed by atoms with Gasteiger partial charge in [0.1, 0.15) is 0 Å². The Morgan fingerprint density at radius 3 is 2.64 bits per heavy atom. The Bertz CT molecular complexity index is 196. The molecule has 0 aromatic carbocycles. The van der Waals surface area contributed by atoms with Crippen molar-refractivity contribution in [3.63, 3.8) is 0 Å². The summed E-state index contributed by atoms with van der Waals surface area (Å²) >= 11 is 1.50. The van der Waals surface area contributed by atoms with E-state index >= 15 is 0 Å². The normalized spacial score (nSPS) is 12.1. The first kappa shape index (κ1) is 13.3. The van der Waals surface area contributed by atoms with Gasteiger partial charge in [-0.3, -0.25) is 9.59 Å². The van der Waals surface area contributed by atoms with E-state index < -0.39 is 5.97 Å². The summed E-state index contributed by atoms with van der Waals surface area (Å²) in [7, 11) is 0. The molecule has 0 aromatic rings. The van der Waals surface area contributed by atoms with Crippen molar-refractivity contribution in [1.29, 1.82) is 0 Å². The fourth-order valence-corrected chi connectivity index (χ4v) is 1.77. The van der Waals surface area contributed by atoms with Gasteiger partial charge in [-0.25, -0.2) is 0 Å². The van der Waals surface area contributed by atoms with Crippen LogP contribution in [0.1, 0.15) is 20.3 Å². The van der Waals surface area contributed by atoms with Crippen LogP contribution in [0.15, 0.2) is 0 Å². The highest BCUT2D eigenvalue weighted by Gasteiger charge is 2.10. The van der Waals surface area contributed by atoms with Crippen molar-refractivity contribution in [2.75, 3.05) is 18.1 Å². The van der Waals surface area contributed by atoms with E-state index in [4.69, 9.17) is 5.11 Å². The lowest BCUT2D eigenvalue weighted by Gasteiger charge is -2.05. The molecule has 0 aromatic heterocycles. The maximum atomic E-state index is 11.0. The van der Waals surface area contributed by atoms with Crippen LogP contribution < -0.4 is 5.32 Å². The highest BCUT2D eigenvalue weighted by Crippen LogP contribution is 2.09. The van der Waals surface area contributed by atoms with Gasteiger partial charge in [-0.1, -0.05) is 6.92 Å². The first-order chi connectivity index (χ1) is 6.57. The molecule has 2 N–H and O–H groups in total. The fourth-order valence-electron chi connectivity index (χ4n) is 0.782. The average molecular weight is 219 g/mol. The average Bonchev–Trinajstić information content (AvgIpc) is 2.12. The van der Waals surface area contributed by atoms with Gasteiger partial charge in [0.25, 0.3) is 0 Å². The van der Waals surface area contributed by atoms with Crippen LogP contribution in [0.3, 0.4) is 0 Å². The predicted molar refractivity (Wildman–Crippen MR) is 57.4 cm³/mol. The summed E-state index contributed by atoms with van der Waals surface area (Å²) in [5.74, 6) is 0.158. The summed E-state index contributed by atoms with van der Waals surface area (Å²) in [5, 5.41) is 11.3. The number of amides is 1. The molecule has 0 heterocycles. The lowest BCUT2D eigenvalue weighted by Crippen LogP contribution is -2.23. The zero-order chi connectivity index (χ0) is 11.0. The summed E-state index contributed by atoms with van der Waals surface area (Å²) in [6, 6.07) is 0. The van der Waals surface area contributed by atoms with Crippen molar-refractivity contribution in [2.24, 2.45) is 5.92 Å². The lowest BCUT2D eigenvalue weighted by molar-refractivity contribution is -0.140. The van der Waals surface area contributed by atoms with Crippen LogP contribution in [0, 0.1) is 5.92 Å². The maximum Gasteiger partial charge on any atom is 0.307 e. The third kappa shape index (κ3) is 6.77. The molecule has 0 saturated heterocycles. The molecular weight excluding hydrogens is 202 g/mol. The summed E-state index contributed by atoms with van der Waals surface area (Å²) in [5.41, 5.74) is 0. The first-order valence-electron chi connectivity index (χ1n) is 4.65. The highest BCUT2D eigenvalue weighted by atomic mass is 32.2. The van der Waals surface area contributed by atoms with Crippen molar-refractivity contribution >= 4 is 23.6 Å². The topological polar surface area (TPSA) is 66.4 Å². The molecule has 0 rings (SSSR count). The maximum absolute atomic E-state index is 11.0. The third-order valence-corrected chi connectivity index (χ3v) is 2.87. The summed E-state index contributed by atoms with van der Waals surface area (Å²) in [4.78, 5) is 21.4. The van der Waals surface area contributed by atoms with E-state index in [1.165, 1.54) is 11.8 Å². The molecule has 4 nitrogen and oxygen atoms in total. The molecule has 0 aliphatic rings. The van der Waals surface area contributed by atoms with E-state index in [9.17, 15) is 9.59 Å². The van der Waals surface area contributed by atoms with Crippen LogP contribution in [0.2, 0.25) is 0 Å². The minimum Gasteiger partial charge on any atom is -0.481 e. The van der Waals surface area contributed by atoms with Crippen LogP contribution in [0.25, 0.3) is 0 Å². The molecule has 0 spiro atoms. The van der Waals surface area contributed by atoms with Gasteiger partial charge in [0.2, 0.25) is 5.91 Å². The first-order valence-corrected chi connectivity index (χ1v) is 5.80. The van der Waals surface area contributed by atoms with Gasteiger partial charge >= 0.3 is 5.97 Å². The van der Waals surface area contributed by atoms with E-state index in [1.54, 1.807) is 6.92 Å². The molecule has 5 heteroatoms.